The van der Waals surface area contributed by atoms with Crippen LogP contribution in [-0.2, 0) is 10.0 Å². The lowest BCUT2D eigenvalue weighted by Crippen LogP contribution is -2.43. The number of aliphatic hydroxyl groups is 1. The molecule has 0 saturated carbocycles. The summed E-state index contributed by atoms with van der Waals surface area (Å²) >= 11 is 0. The third kappa shape index (κ3) is 4.03. The van der Waals surface area contributed by atoms with Crippen molar-refractivity contribution in [3.05, 3.63) is 0 Å². The molecule has 1 saturated heterocycles. The Balaban J connectivity index is 2.68. The molecule has 0 aromatic carbocycles. The summed E-state index contributed by atoms with van der Waals surface area (Å²) in [6.45, 7) is 6.96. The Labute approximate surface area is 98.7 Å². The van der Waals surface area contributed by atoms with E-state index in [0.717, 1.165) is 12.8 Å². The summed E-state index contributed by atoms with van der Waals surface area (Å²) in [6.07, 6.45) is 1.78. The van der Waals surface area contributed by atoms with Crippen molar-refractivity contribution in [2.75, 3.05) is 25.4 Å². The Hall–Kier alpha value is -0.130. The maximum Gasteiger partial charge on any atom is 0.214 e. The van der Waals surface area contributed by atoms with E-state index in [9.17, 15) is 8.42 Å². The fourth-order valence-corrected chi connectivity index (χ4v) is 4.19. The van der Waals surface area contributed by atoms with Gasteiger partial charge in [0.25, 0.3) is 0 Å². The molecule has 4 nitrogen and oxygen atoms in total. The highest BCUT2D eigenvalue weighted by Crippen LogP contribution is 2.23. The second-order valence-corrected chi connectivity index (χ2v) is 7.83. The summed E-state index contributed by atoms with van der Waals surface area (Å²) in [6, 6.07) is 0. The molecule has 1 aliphatic rings. The van der Waals surface area contributed by atoms with Crippen LogP contribution in [0, 0.1) is 11.3 Å². The lowest BCUT2D eigenvalue weighted by Gasteiger charge is -2.33. The molecule has 1 aliphatic heterocycles. The molecule has 1 N–H and O–H groups in total. The monoisotopic (exact) mass is 249 g/mol. The average Bonchev–Trinajstić information content (AvgIpc) is 2.14. The fraction of sp³-hybridized carbons (Fsp3) is 1.00. The van der Waals surface area contributed by atoms with Crippen molar-refractivity contribution in [3.63, 3.8) is 0 Å². The van der Waals surface area contributed by atoms with Crippen molar-refractivity contribution in [2.45, 2.75) is 33.6 Å². The first-order chi connectivity index (χ1) is 7.24. The van der Waals surface area contributed by atoms with Crippen molar-refractivity contribution in [3.8, 4) is 0 Å². The lowest BCUT2D eigenvalue weighted by atomic mass is 10.0. The van der Waals surface area contributed by atoms with Crippen molar-refractivity contribution in [1.82, 2.24) is 4.31 Å². The number of rotatable bonds is 3. The maximum atomic E-state index is 12.1. The third-order valence-electron chi connectivity index (χ3n) is 2.75. The highest BCUT2D eigenvalue weighted by atomic mass is 32.2. The van der Waals surface area contributed by atoms with Crippen molar-refractivity contribution in [2.24, 2.45) is 11.3 Å². The largest absolute Gasteiger partial charge is 0.396 e. The Morgan fingerprint density at radius 3 is 2.50 bits per heavy atom. The van der Waals surface area contributed by atoms with Crippen LogP contribution in [0.15, 0.2) is 0 Å². The summed E-state index contributed by atoms with van der Waals surface area (Å²) in [5.41, 5.74) is -0.217. The van der Waals surface area contributed by atoms with Gasteiger partial charge in [0, 0.05) is 19.7 Å². The van der Waals surface area contributed by atoms with E-state index in [-0.39, 0.29) is 23.7 Å². The van der Waals surface area contributed by atoms with Crippen LogP contribution < -0.4 is 0 Å². The van der Waals surface area contributed by atoms with Gasteiger partial charge in [-0.05, 0) is 24.2 Å². The van der Waals surface area contributed by atoms with Gasteiger partial charge < -0.3 is 5.11 Å². The van der Waals surface area contributed by atoms with Gasteiger partial charge in [-0.1, -0.05) is 20.8 Å². The van der Waals surface area contributed by atoms with E-state index in [2.05, 4.69) is 0 Å². The standard InChI is InChI=1S/C11H23NO3S/c1-11(2,3)9-16(14,15)12-6-4-5-10(7-12)8-13/h10,13H,4-9H2,1-3H3. The van der Waals surface area contributed by atoms with Crippen LogP contribution in [0.1, 0.15) is 33.6 Å². The van der Waals surface area contributed by atoms with Gasteiger partial charge in [-0.3, -0.25) is 0 Å². The van der Waals surface area contributed by atoms with E-state index in [4.69, 9.17) is 5.11 Å². The van der Waals surface area contributed by atoms with Crippen molar-refractivity contribution >= 4 is 10.0 Å². The Morgan fingerprint density at radius 1 is 1.38 bits per heavy atom. The van der Waals surface area contributed by atoms with Crippen LogP contribution in [0.25, 0.3) is 0 Å². The Morgan fingerprint density at radius 2 is 2.00 bits per heavy atom. The Kier molecular flexibility index (Phi) is 4.37. The van der Waals surface area contributed by atoms with Crippen molar-refractivity contribution < 1.29 is 13.5 Å². The summed E-state index contributed by atoms with van der Waals surface area (Å²) < 4.78 is 25.8. The molecule has 1 heterocycles. The fourth-order valence-electron chi connectivity index (χ4n) is 2.07. The predicted octanol–water partition coefficient (Wildman–Crippen LogP) is 1.07. The molecular weight excluding hydrogens is 226 g/mol. The highest BCUT2D eigenvalue weighted by molar-refractivity contribution is 7.89. The molecule has 96 valence electrons. The lowest BCUT2D eigenvalue weighted by molar-refractivity contribution is 0.165. The van der Waals surface area contributed by atoms with Gasteiger partial charge in [0.05, 0.1) is 5.75 Å². The molecule has 0 aromatic rings. The molecule has 1 fully saturated rings. The molecule has 1 atom stereocenters. The van der Waals surface area contributed by atoms with E-state index in [1.807, 2.05) is 20.8 Å². The van der Waals surface area contributed by atoms with Crippen LogP contribution in [0.2, 0.25) is 0 Å². The minimum Gasteiger partial charge on any atom is -0.396 e. The number of hydrogen-bond acceptors (Lipinski definition) is 3. The zero-order valence-corrected chi connectivity index (χ0v) is 11.3. The highest BCUT2D eigenvalue weighted by Gasteiger charge is 2.31. The minimum atomic E-state index is -3.16. The molecule has 0 bridgehead atoms. The molecule has 0 radical (unpaired) electrons. The molecule has 0 spiro atoms. The molecule has 16 heavy (non-hydrogen) atoms. The molecule has 0 aliphatic carbocycles. The van der Waals surface area contributed by atoms with E-state index in [0.29, 0.717) is 13.1 Å². The van der Waals surface area contributed by atoms with Crippen molar-refractivity contribution in [1.29, 1.82) is 0 Å². The summed E-state index contributed by atoms with van der Waals surface area (Å²) in [5.74, 6) is 0.293. The normalized spacial score (nSPS) is 24.6. The first-order valence-electron chi connectivity index (χ1n) is 5.83. The summed E-state index contributed by atoms with van der Waals surface area (Å²) in [4.78, 5) is 0. The SMILES string of the molecule is CC(C)(C)CS(=O)(=O)N1CCCC(CO)C1. The predicted molar refractivity (Wildman–Crippen MR) is 64.6 cm³/mol. The first-order valence-corrected chi connectivity index (χ1v) is 7.44. The van der Waals surface area contributed by atoms with Crippen LogP contribution in [0.4, 0.5) is 0 Å². The minimum absolute atomic E-state index is 0.0849. The number of nitrogens with zero attached hydrogens (tertiary/aromatic N) is 1. The van der Waals surface area contributed by atoms with Crippen LogP contribution in [-0.4, -0.2) is 43.3 Å². The number of aliphatic hydroxyl groups excluding tert-OH is 1. The third-order valence-corrected chi connectivity index (χ3v) is 5.10. The maximum absolute atomic E-state index is 12.1. The van der Waals surface area contributed by atoms with Gasteiger partial charge in [-0.2, -0.15) is 0 Å². The molecule has 5 heteroatoms. The van der Waals surface area contributed by atoms with Gasteiger partial charge in [0.1, 0.15) is 0 Å². The topological polar surface area (TPSA) is 57.6 Å². The second-order valence-electron chi connectivity index (χ2n) is 5.87. The number of sulfonamides is 1. The van der Waals surface area contributed by atoms with Crippen LogP contribution in [0.3, 0.4) is 0 Å². The van der Waals surface area contributed by atoms with Crippen LogP contribution in [0.5, 0.6) is 0 Å². The zero-order valence-electron chi connectivity index (χ0n) is 10.4. The van der Waals surface area contributed by atoms with Gasteiger partial charge in [-0.25, -0.2) is 12.7 Å². The van der Waals surface area contributed by atoms with E-state index in [1.165, 1.54) is 0 Å². The Bertz CT molecular complexity index is 319. The van der Waals surface area contributed by atoms with E-state index < -0.39 is 10.0 Å². The molecular formula is C11H23NO3S. The van der Waals surface area contributed by atoms with Gasteiger partial charge in [0.15, 0.2) is 0 Å². The first kappa shape index (κ1) is 13.9. The smallest absolute Gasteiger partial charge is 0.214 e. The quantitative estimate of drug-likeness (QED) is 0.814. The molecule has 0 aromatic heterocycles. The zero-order chi connectivity index (χ0) is 12.4. The number of piperidine rings is 1. The molecule has 1 unspecified atom stereocenters. The molecule has 0 amide bonds. The van der Waals surface area contributed by atoms with Gasteiger partial charge in [-0.15, -0.1) is 0 Å². The molecule has 1 rings (SSSR count). The average molecular weight is 249 g/mol. The second kappa shape index (κ2) is 5.02. The van der Waals surface area contributed by atoms with E-state index in [1.54, 1.807) is 4.31 Å². The van der Waals surface area contributed by atoms with Crippen LogP contribution >= 0.6 is 0 Å². The number of hydrogen-bond donors (Lipinski definition) is 1. The summed E-state index contributed by atoms with van der Waals surface area (Å²) in [5, 5.41) is 9.09. The summed E-state index contributed by atoms with van der Waals surface area (Å²) in [7, 11) is -3.16. The van der Waals surface area contributed by atoms with Gasteiger partial charge in [0.2, 0.25) is 10.0 Å². The van der Waals surface area contributed by atoms with E-state index >= 15 is 0 Å². The van der Waals surface area contributed by atoms with Gasteiger partial charge >= 0.3 is 0 Å².